The number of carbonyl (C=O) groups excluding carboxylic acids is 1. The van der Waals surface area contributed by atoms with Gasteiger partial charge in [0.1, 0.15) is 29.0 Å². The zero-order valence-electron chi connectivity index (χ0n) is 53.0. The molecule has 6 aromatic rings. The number of carboxylic acids is 1. The molecule has 0 aliphatic rings. The molecule has 0 bridgehead atoms. The van der Waals surface area contributed by atoms with Crippen molar-refractivity contribution < 1.29 is 68.2 Å². The Balaban J connectivity index is 0.000000311. The van der Waals surface area contributed by atoms with E-state index in [1.54, 1.807) is 0 Å². The van der Waals surface area contributed by atoms with Crippen molar-refractivity contribution in [1.82, 2.24) is 0 Å². The first-order valence-corrected chi connectivity index (χ1v) is 36.0. The molecule has 0 atom stereocenters. The van der Waals surface area contributed by atoms with Crippen LogP contribution >= 0.6 is 0 Å². The van der Waals surface area contributed by atoms with Crippen molar-refractivity contribution in [3.8, 4) is 23.0 Å². The number of rotatable bonds is 42. The Labute approximate surface area is 538 Å². The third kappa shape index (κ3) is 26.4. The van der Waals surface area contributed by atoms with E-state index in [0.29, 0.717) is 0 Å². The van der Waals surface area contributed by atoms with E-state index in [1.807, 2.05) is 0 Å². The first kappa shape index (κ1) is 76.6. The molecule has 6 rings (SSSR count). The average molecular weight is 1310 g/mol. The maximum absolute atomic E-state index is 12.2. The second kappa shape index (κ2) is 42.3. The fraction of sp³-hybridized carbons (Fsp3) is 0.486. The van der Waals surface area contributed by atoms with Crippen molar-refractivity contribution in [2.24, 2.45) is 0 Å². The molecule has 0 aliphatic heterocycles. The summed E-state index contributed by atoms with van der Waals surface area (Å²) in [6.07, 6.45) is 30.8. The molecule has 0 aliphatic carbocycles. The Morgan fingerprint density at radius 3 is 0.778 bits per heavy atom. The third-order valence-electron chi connectivity index (χ3n) is 14.6. The van der Waals surface area contributed by atoms with Gasteiger partial charge in [-0.25, -0.2) is 8.42 Å². The van der Waals surface area contributed by atoms with Crippen molar-refractivity contribution in [2.45, 2.75) is 228 Å². The van der Waals surface area contributed by atoms with E-state index in [4.69, 9.17) is 18.9 Å². The van der Waals surface area contributed by atoms with Gasteiger partial charge in [0.05, 0.1) is 48.2 Å². The summed E-state index contributed by atoms with van der Waals surface area (Å²) in [4.78, 5) is 17.3. The number of hydrogen-bond acceptors (Lipinski definition) is 9. The van der Waals surface area contributed by atoms with E-state index in [9.17, 15) is 49.2 Å². The van der Waals surface area contributed by atoms with Gasteiger partial charge in [-0.05, 0) is 147 Å². The summed E-state index contributed by atoms with van der Waals surface area (Å²) in [5, 5.41) is 2.68. The number of unbranched alkanes of at least 4 members (excludes halogenated alkanes) is 20. The van der Waals surface area contributed by atoms with Crippen LogP contribution < -0.4 is 24.1 Å². The second-order valence-corrected chi connectivity index (χ2v) is 27.5. The molecule has 0 fully saturated rings. The summed E-state index contributed by atoms with van der Waals surface area (Å²) >= 11 is 0. The lowest BCUT2D eigenvalue weighted by molar-refractivity contribution is -0.361. The summed E-state index contributed by atoms with van der Waals surface area (Å²) in [7, 11) is -7.51. The van der Waals surface area contributed by atoms with Gasteiger partial charge in [-0.3, -0.25) is 0 Å². The Morgan fingerprint density at radius 2 is 0.567 bits per heavy atom. The average Bonchev–Trinajstić information content (AvgIpc) is 0.753. The molecular weight excluding hydrogens is 1220 g/mol. The highest BCUT2D eigenvalue weighted by molar-refractivity contribution is 7.97. The van der Waals surface area contributed by atoms with E-state index in [2.05, 4.69) is 185 Å². The van der Waals surface area contributed by atoms with Crippen LogP contribution in [-0.2, 0) is 36.7 Å². The van der Waals surface area contributed by atoms with Crippen molar-refractivity contribution in [3.63, 3.8) is 0 Å². The van der Waals surface area contributed by atoms with Crippen LogP contribution in [0.3, 0.4) is 0 Å². The maximum Gasteiger partial charge on any atom is 0.402 e. The van der Waals surface area contributed by atoms with Crippen LogP contribution in [0.4, 0.5) is 26.3 Å². The molecule has 6 aromatic carbocycles. The van der Waals surface area contributed by atoms with Crippen LogP contribution in [-0.4, -0.2) is 62.5 Å². The number of benzene rings is 6. The van der Waals surface area contributed by atoms with E-state index in [1.165, 1.54) is 158 Å². The highest BCUT2D eigenvalue weighted by Gasteiger charge is 2.75. The summed E-state index contributed by atoms with van der Waals surface area (Å²) in [6, 6.07) is 56.5. The molecular formula is C72H94F6O9S3. The van der Waals surface area contributed by atoms with Crippen molar-refractivity contribution >= 4 is 37.9 Å². The molecule has 0 amide bonds. The summed E-state index contributed by atoms with van der Waals surface area (Å²) in [5.41, 5.74) is 0. The molecule has 0 saturated heterocycles. The molecule has 0 N–H and O–H groups in total. The van der Waals surface area contributed by atoms with Gasteiger partial charge in [0, 0.05) is 0 Å². The SMILES string of the molecule is CCCCCCCCOc1ccc([S+](c2ccccc2)c2ccc(OCCCCCCCC)cc2)cc1.CCCCCCCCOc1ccc([S+](c2ccccc2)c2ccc(OCCCCCCCC)cc2)cc1.O=C([O-])C(F)(F)C(F)(F)C(F)(F)S(=O)(=O)[O-]. The van der Waals surface area contributed by atoms with Gasteiger partial charge in [0.2, 0.25) is 0 Å². The van der Waals surface area contributed by atoms with Crippen LogP contribution in [0.15, 0.2) is 187 Å². The molecule has 9 nitrogen and oxygen atoms in total. The predicted octanol–water partition coefficient (Wildman–Crippen LogP) is 19.7. The first-order valence-electron chi connectivity index (χ1n) is 32.1. The van der Waals surface area contributed by atoms with Crippen molar-refractivity contribution in [2.75, 3.05) is 26.4 Å². The lowest BCUT2D eigenvalue weighted by atomic mass is 10.1. The first-order chi connectivity index (χ1) is 43.3. The van der Waals surface area contributed by atoms with Gasteiger partial charge in [-0.2, -0.15) is 26.3 Å². The molecule has 0 spiro atoms. The van der Waals surface area contributed by atoms with E-state index >= 15 is 0 Å². The van der Waals surface area contributed by atoms with E-state index in [-0.39, 0.29) is 21.8 Å². The molecule has 90 heavy (non-hydrogen) atoms. The minimum atomic E-state index is -7.18. The molecule has 0 radical (unpaired) electrons. The van der Waals surface area contributed by atoms with Gasteiger partial charge < -0.3 is 33.4 Å². The number of halogens is 6. The standard InChI is InChI=1S/2C34H47O2S.C4H2F6O5S/c2*1-3-5-7-9-11-16-28-35-30-20-24-33(25-21-30)37(32-18-14-13-15-19-32)34-26-22-31(23-27-34)36-29-17-12-10-8-6-4-2;5-2(6,1(11)12)3(7,8)4(9,10)16(13,14)15/h2*13-15,18-27H,3-12,16-17,28-29H2,1-2H3;(H,11,12)(H,13,14,15)/q2*+1;/p-2. The number of carbonyl (C=O) groups is 1. The molecule has 18 heteroatoms. The Morgan fingerprint density at radius 1 is 0.356 bits per heavy atom. The van der Waals surface area contributed by atoms with Crippen LogP contribution in [0.1, 0.15) is 182 Å². The fourth-order valence-corrected chi connectivity index (χ4v) is 13.9. The number of hydrogen-bond donors (Lipinski definition) is 0. The van der Waals surface area contributed by atoms with Gasteiger partial charge in [-0.1, -0.05) is 193 Å². The topological polar surface area (TPSA) is 134 Å². The van der Waals surface area contributed by atoms with E-state index in [0.717, 1.165) is 75.1 Å². The highest BCUT2D eigenvalue weighted by atomic mass is 32.2. The molecule has 0 unspecified atom stereocenters. The lowest BCUT2D eigenvalue weighted by Crippen LogP contribution is -2.63. The zero-order chi connectivity index (χ0) is 65.5. The van der Waals surface area contributed by atoms with Crippen LogP contribution in [0.5, 0.6) is 23.0 Å². The molecule has 496 valence electrons. The molecule has 0 saturated carbocycles. The fourth-order valence-electron chi connectivity index (χ4n) is 9.38. The maximum atomic E-state index is 12.2. The van der Waals surface area contributed by atoms with Crippen molar-refractivity contribution in [1.29, 1.82) is 0 Å². The van der Waals surface area contributed by atoms with Crippen molar-refractivity contribution in [3.05, 3.63) is 158 Å². The second-order valence-electron chi connectivity index (χ2n) is 22.0. The minimum absolute atomic E-state index is 0.167. The van der Waals surface area contributed by atoms with Crippen LogP contribution in [0.2, 0.25) is 0 Å². The smallest absolute Gasteiger partial charge is 0.402 e. The third-order valence-corrected chi connectivity index (χ3v) is 19.9. The predicted molar refractivity (Wildman–Crippen MR) is 348 cm³/mol. The number of carboxylic acid groups (broad SMARTS) is 1. The minimum Gasteiger partial charge on any atom is -0.743 e. The van der Waals surface area contributed by atoms with Crippen LogP contribution in [0, 0.1) is 0 Å². The summed E-state index contributed by atoms with van der Waals surface area (Å²) in [6.45, 7) is 12.3. The largest absolute Gasteiger partial charge is 0.743 e. The lowest BCUT2D eigenvalue weighted by Gasteiger charge is -2.33. The number of ether oxygens (including phenoxy) is 4. The van der Waals surface area contributed by atoms with Crippen LogP contribution in [0.25, 0.3) is 0 Å². The zero-order valence-corrected chi connectivity index (χ0v) is 55.4. The summed E-state index contributed by atoms with van der Waals surface area (Å²) < 4.78 is 126. The Bertz CT molecular complexity index is 2660. The van der Waals surface area contributed by atoms with Gasteiger partial charge in [0.15, 0.2) is 39.5 Å². The Kier molecular flexibility index (Phi) is 36.1. The number of alkyl halides is 6. The quantitative estimate of drug-likeness (QED) is 0.0159. The monoisotopic (exact) mass is 1310 g/mol. The Hall–Kier alpha value is -5.82. The van der Waals surface area contributed by atoms with Gasteiger partial charge in [0.25, 0.3) is 0 Å². The molecule has 0 aromatic heterocycles. The highest BCUT2D eigenvalue weighted by Crippen LogP contribution is 2.48. The summed E-state index contributed by atoms with van der Waals surface area (Å²) in [5.74, 6) is -13.5. The molecule has 0 heterocycles. The number of aliphatic carboxylic acids is 1. The normalized spacial score (nSPS) is 11.8. The van der Waals surface area contributed by atoms with E-state index < -0.39 is 33.2 Å². The van der Waals surface area contributed by atoms with Gasteiger partial charge in [-0.15, -0.1) is 0 Å². The van der Waals surface area contributed by atoms with Gasteiger partial charge >= 0.3 is 17.1 Å².